The summed E-state index contributed by atoms with van der Waals surface area (Å²) in [5, 5.41) is 10.0. The molecule has 3 nitrogen and oxygen atoms in total. The Balaban J connectivity index is 2.59. The van der Waals surface area contributed by atoms with E-state index < -0.39 is 0 Å². The summed E-state index contributed by atoms with van der Waals surface area (Å²) in [6.45, 7) is 0.290. The minimum absolute atomic E-state index is 0.290. The molecule has 1 aliphatic rings. The van der Waals surface area contributed by atoms with Crippen LogP contribution in [0.2, 0.25) is 0 Å². The van der Waals surface area contributed by atoms with E-state index >= 15 is 0 Å². The summed E-state index contributed by atoms with van der Waals surface area (Å²) in [4.78, 5) is 3.68. The van der Waals surface area contributed by atoms with Gasteiger partial charge in [-0.05, 0) is 0 Å². The molecule has 0 radical (unpaired) electrons. The zero-order chi connectivity index (χ0) is 5.98. The molecule has 0 spiro atoms. The molecule has 0 saturated carbocycles. The highest BCUT2D eigenvalue weighted by molar-refractivity contribution is 6.66. The van der Waals surface area contributed by atoms with Gasteiger partial charge in [0.1, 0.15) is 5.17 Å². The van der Waals surface area contributed by atoms with Crippen molar-refractivity contribution in [1.82, 2.24) is 5.06 Å². The first kappa shape index (κ1) is 5.59. The Morgan fingerprint density at radius 3 is 3.00 bits per heavy atom. The van der Waals surface area contributed by atoms with Crippen LogP contribution in [0.15, 0.2) is 17.4 Å². The molecule has 0 aromatic carbocycles. The van der Waals surface area contributed by atoms with Gasteiger partial charge in [0.05, 0.1) is 6.54 Å². The number of nitrogens with zero attached hydrogens (tertiary/aromatic N) is 2. The summed E-state index contributed by atoms with van der Waals surface area (Å²) in [7, 11) is 0. The number of hydroxylamine groups is 2. The van der Waals surface area contributed by atoms with Crippen molar-refractivity contribution in [2.45, 2.75) is 0 Å². The Kier molecular flexibility index (Phi) is 1.50. The third-order valence-electron chi connectivity index (χ3n) is 0.746. The second-order valence-electron chi connectivity index (χ2n) is 1.40. The first-order valence-electron chi connectivity index (χ1n) is 2.13. The van der Waals surface area contributed by atoms with Gasteiger partial charge in [0.25, 0.3) is 0 Å². The zero-order valence-corrected chi connectivity index (χ0v) is 4.84. The lowest BCUT2D eigenvalue weighted by molar-refractivity contribution is -0.0257. The molecule has 0 amide bonds. The first-order valence-corrected chi connectivity index (χ1v) is 2.51. The van der Waals surface area contributed by atoms with Gasteiger partial charge in [0.2, 0.25) is 0 Å². The molecular weight excluding hydrogens is 128 g/mol. The molecule has 4 heteroatoms. The van der Waals surface area contributed by atoms with Crippen LogP contribution >= 0.6 is 11.6 Å². The fourth-order valence-electron chi connectivity index (χ4n) is 0.418. The quantitative estimate of drug-likeness (QED) is 0.529. The van der Waals surface area contributed by atoms with Gasteiger partial charge in [0.15, 0.2) is 0 Å². The third kappa shape index (κ3) is 1.21. The maximum Gasteiger partial charge on any atom is 0.128 e. The van der Waals surface area contributed by atoms with Gasteiger partial charge in [-0.15, -0.1) is 0 Å². The van der Waals surface area contributed by atoms with Crippen molar-refractivity contribution < 1.29 is 5.21 Å². The molecular formula is C4H5ClN2O. The Hall–Kier alpha value is -0.540. The average Bonchev–Trinajstić information content (AvgIpc) is 1.64. The van der Waals surface area contributed by atoms with Gasteiger partial charge >= 0.3 is 0 Å². The maximum atomic E-state index is 8.66. The van der Waals surface area contributed by atoms with Crippen LogP contribution in [-0.4, -0.2) is 22.0 Å². The Labute approximate surface area is 51.8 Å². The Morgan fingerprint density at radius 1 is 1.88 bits per heavy atom. The molecule has 1 N–H and O–H groups in total. The highest BCUT2D eigenvalue weighted by Crippen LogP contribution is 1.97. The average molecular weight is 133 g/mol. The molecule has 0 bridgehead atoms. The van der Waals surface area contributed by atoms with E-state index in [1.54, 1.807) is 0 Å². The van der Waals surface area contributed by atoms with E-state index in [-0.39, 0.29) is 6.54 Å². The van der Waals surface area contributed by atoms with Crippen LogP contribution in [0, 0.1) is 0 Å². The minimum Gasteiger partial charge on any atom is -0.289 e. The van der Waals surface area contributed by atoms with Crippen LogP contribution in [0.3, 0.4) is 0 Å². The van der Waals surface area contributed by atoms with Gasteiger partial charge in [-0.25, -0.2) is 4.99 Å². The Bertz CT molecular complexity index is 143. The van der Waals surface area contributed by atoms with Crippen LogP contribution in [0.5, 0.6) is 0 Å². The van der Waals surface area contributed by atoms with Crippen LogP contribution < -0.4 is 0 Å². The van der Waals surface area contributed by atoms with Crippen molar-refractivity contribution >= 4 is 16.8 Å². The molecule has 0 atom stereocenters. The van der Waals surface area contributed by atoms with Gasteiger partial charge < -0.3 is 0 Å². The highest BCUT2D eigenvalue weighted by atomic mass is 35.5. The molecule has 0 aromatic heterocycles. The van der Waals surface area contributed by atoms with Crippen LogP contribution in [0.25, 0.3) is 0 Å². The second kappa shape index (κ2) is 2.15. The monoisotopic (exact) mass is 132 g/mol. The lowest BCUT2D eigenvalue weighted by atomic mass is 10.6. The van der Waals surface area contributed by atoms with E-state index in [4.69, 9.17) is 16.8 Å². The fourth-order valence-corrected chi connectivity index (χ4v) is 0.597. The number of rotatable bonds is 0. The lowest BCUT2D eigenvalue weighted by Gasteiger charge is -2.11. The largest absolute Gasteiger partial charge is 0.289 e. The fraction of sp³-hybridized carbons (Fsp3) is 0.250. The predicted molar refractivity (Wildman–Crippen MR) is 30.9 cm³/mol. The van der Waals surface area contributed by atoms with E-state index in [1.165, 1.54) is 12.4 Å². The normalized spacial score (nSPS) is 18.8. The van der Waals surface area contributed by atoms with E-state index in [0.717, 1.165) is 5.06 Å². The van der Waals surface area contributed by atoms with Crippen molar-refractivity contribution in [3.63, 3.8) is 0 Å². The van der Waals surface area contributed by atoms with E-state index in [2.05, 4.69) is 4.99 Å². The topological polar surface area (TPSA) is 35.8 Å². The second-order valence-corrected chi connectivity index (χ2v) is 1.84. The predicted octanol–water partition coefficient (Wildman–Crippen LogP) is 0.800. The van der Waals surface area contributed by atoms with Crippen molar-refractivity contribution in [3.8, 4) is 0 Å². The summed E-state index contributed by atoms with van der Waals surface area (Å²) in [5.74, 6) is 0. The number of halogens is 1. The first-order chi connectivity index (χ1) is 3.79. The van der Waals surface area contributed by atoms with E-state index in [0.29, 0.717) is 5.17 Å². The molecule has 0 fully saturated rings. The molecule has 1 rings (SSSR count). The van der Waals surface area contributed by atoms with Crippen molar-refractivity contribution in [3.05, 3.63) is 12.4 Å². The van der Waals surface area contributed by atoms with Crippen LogP contribution in [-0.2, 0) is 0 Å². The van der Waals surface area contributed by atoms with Gasteiger partial charge in [-0.1, -0.05) is 11.6 Å². The lowest BCUT2D eigenvalue weighted by Crippen LogP contribution is -2.20. The Morgan fingerprint density at radius 2 is 2.62 bits per heavy atom. The van der Waals surface area contributed by atoms with Gasteiger partial charge in [-0.2, -0.15) is 0 Å². The maximum absolute atomic E-state index is 8.66. The number of aliphatic imine (C=N–C) groups is 1. The van der Waals surface area contributed by atoms with Gasteiger partial charge in [-0.3, -0.25) is 10.3 Å². The van der Waals surface area contributed by atoms with E-state index in [9.17, 15) is 0 Å². The summed E-state index contributed by atoms with van der Waals surface area (Å²) in [6.07, 6.45) is 2.87. The molecule has 0 saturated heterocycles. The highest BCUT2D eigenvalue weighted by Gasteiger charge is 2.00. The van der Waals surface area contributed by atoms with Crippen molar-refractivity contribution in [1.29, 1.82) is 0 Å². The molecule has 0 aromatic rings. The summed E-state index contributed by atoms with van der Waals surface area (Å²) >= 11 is 5.41. The van der Waals surface area contributed by atoms with Crippen molar-refractivity contribution in [2.75, 3.05) is 6.54 Å². The summed E-state index contributed by atoms with van der Waals surface area (Å²) < 4.78 is 0. The third-order valence-corrected chi connectivity index (χ3v) is 0.963. The van der Waals surface area contributed by atoms with Crippen molar-refractivity contribution in [2.24, 2.45) is 4.99 Å². The smallest absolute Gasteiger partial charge is 0.128 e. The number of hydrogen-bond acceptors (Lipinski definition) is 3. The zero-order valence-electron chi connectivity index (χ0n) is 4.08. The molecule has 1 aliphatic heterocycles. The van der Waals surface area contributed by atoms with Crippen LogP contribution in [0.1, 0.15) is 0 Å². The minimum atomic E-state index is 0.290. The number of hydrogen-bond donors (Lipinski definition) is 1. The van der Waals surface area contributed by atoms with Gasteiger partial charge in [0, 0.05) is 12.4 Å². The molecule has 0 unspecified atom stereocenters. The van der Waals surface area contributed by atoms with Crippen LogP contribution in [0.4, 0.5) is 0 Å². The summed E-state index contributed by atoms with van der Waals surface area (Å²) in [6, 6.07) is 0. The standard InChI is InChI=1S/C4H5ClN2O/c5-4-3-7(8)2-1-6-4/h1-2,8H,3H2. The molecule has 0 aliphatic carbocycles. The molecule has 44 valence electrons. The van der Waals surface area contributed by atoms with E-state index in [1.807, 2.05) is 0 Å². The SMILES string of the molecule is ON1C=CN=C(Cl)C1. The molecule has 8 heavy (non-hydrogen) atoms. The molecule has 1 heterocycles. The summed E-state index contributed by atoms with van der Waals surface area (Å²) in [5.41, 5.74) is 0.